The molecule has 0 aromatic rings. The second-order valence-corrected chi connectivity index (χ2v) is 3.08. The summed E-state index contributed by atoms with van der Waals surface area (Å²) in [6.07, 6.45) is 3.55. The molecule has 0 heterocycles. The van der Waals surface area contributed by atoms with Gasteiger partial charge in [-0.25, -0.2) is 0 Å². The van der Waals surface area contributed by atoms with E-state index in [1.165, 1.54) is 0 Å². The third-order valence-electron chi connectivity index (χ3n) is 1.72. The predicted octanol–water partition coefficient (Wildman–Crippen LogP) is 0.760. The minimum absolute atomic E-state index is 0.295. The fourth-order valence-corrected chi connectivity index (χ4v) is 0.996. The number of hydrogen-bond acceptors (Lipinski definition) is 2. The van der Waals surface area contributed by atoms with Crippen molar-refractivity contribution in [2.45, 2.75) is 19.8 Å². The van der Waals surface area contributed by atoms with Crippen LogP contribution in [0.15, 0.2) is 11.6 Å². The fraction of sp³-hybridized carbons (Fsp3) is 0.667. The average Bonchev–Trinajstić information content (AvgIpc) is 1.96. The molecule has 0 radical (unpaired) electrons. The fourth-order valence-electron chi connectivity index (χ4n) is 0.996. The van der Waals surface area contributed by atoms with E-state index >= 15 is 0 Å². The number of carbonyl (C=O) groups excluding carboxylic acids is 1. The lowest BCUT2D eigenvalue weighted by Crippen LogP contribution is -2.17. The molecule has 0 atom stereocenters. The Morgan fingerprint density at radius 3 is 2.42 bits per heavy atom. The van der Waals surface area contributed by atoms with Crippen molar-refractivity contribution in [1.29, 1.82) is 0 Å². The summed E-state index contributed by atoms with van der Waals surface area (Å²) in [5.74, 6) is -0.295. The van der Waals surface area contributed by atoms with E-state index in [2.05, 4.69) is 4.90 Å². The first-order chi connectivity index (χ1) is 5.57. The lowest BCUT2D eigenvalue weighted by atomic mass is 10.1. The number of hydrogen-bond donors (Lipinski definition) is 1. The SMILES string of the molecule is CC=C(CCCN(C)C)C(N)=O. The van der Waals surface area contributed by atoms with Crippen molar-refractivity contribution in [1.82, 2.24) is 4.90 Å². The van der Waals surface area contributed by atoms with Crippen molar-refractivity contribution >= 4 is 5.91 Å². The lowest BCUT2D eigenvalue weighted by molar-refractivity contribution is -0.114. The van der Waals surface area contributed by atoms with Crippen molar-refractivity contribution in [3.05, 3.63) is 11.6 Å². The van der Waals surface area contributed by atoms with Crippen LogP contribution in [0.4, 0.5) is 0 Å². The first kappa shape index (κ1) is 11.2. The predicted molar refractivity (Wildman–Crippen MR) is 50.7 cm³/mol. The highest BCUT2D eigenvalue weighted by Crippen LogP contribution is 2.03. The number of nitrogens with two attached hydrogens (primary N) is 1. The average molecular weight is 170 g/mol. The number of rotatable bonds is 5. The van der Waals surface area contributed by atoms with Gasteiger partial charge in [-0.2, -0.15) is 0 Å². The summed E-state index contributed by atoms with van der Waals surface area (Å²) in [7, 11) is 4.03. The van der Waals surface area contributed by atoms with Gasteiger partial charge in [0.05, 0.1) is 0 Å². The van der Waals surface area contributed by atoms with Crippen molar-refractivity contribution in [2.24, 2.45) is 5.73 Å². The Hall–Kier alpha value is -0.830. The second kappa shape index (κ2) is 5.77. The van der Waals surface area contributed by atoms with Crippen LogP contribution in [0.5, 0.6) is 0 Å². The third-order valence-corrected chi connectivity index (χ3v) is 1.72. The molecule has 0 unspecified atom stereocenters. The quantitative estimate of drug-likeness (QED) is 0.619. The van der Waals surface area contributed by atoms with Crippen LogP contribution in [0.1, 0.15) is 19.8 Å². The van der Waals surface area contributed by atoms with Crippen LogP contribution >= 0.6 is 0 Å². The topological polar surface area (TPSA) is 46.3 Å². The molecule has 3 nitrogen and oxygen atoms in total. The first-order valence-electron chi connectivity index (χ1n) is 4.17. The Morgan fingerprint density at radius 1 is 1.50 bits per heavy atom. The molecule has 3 heteroatoms. The van der Waals surface area contributed by atoms with Crippen LogP contribution in [0.25, 0.3) is 0 Å². The highest BCUT2D eigenvalue weighted by Gasteiger charge is 2.02. The standard InChI is InChI=1S/C9H18N2O/c1-4-8(9(10)12)6-5-7-11(2)3/h4H,5-7H2,1-3H3,(H2,10,12). The van der Waals surface area contributed by atoms with Gasteiger partial charge >= 0.3 is 0 Å². The minimum atomic E-state index is -0.295. The summed E-state index contributed by atoms with van der Waals surface area (Å²) in [4.78, 5) is 12.8. The van der Waals surface area contributed by atoms with Crippen molar-refractivity contribution in [3.8, 4) is 0 Å². The molecule has 2 N–H and O–H groups in total. The van der Waals surface area contributed by atoms with E-state index in [1.54, 1.807) is 6.08 Å². The summed E-state index contributed by atoms with van der Waals surface area (Å²) >= 11 is 0. The molecular weight excluding hydrogens is 152 g/mol. The van der Waals surface area contributed by atoms with E-state index in [0.717, 1.165) is 25.0 Å². The van der Waals surface area contributed by atoms with Gasteiger partial charge < -0.3 is 10.6 Å². The molecule has 0 saturated heterocycles. The summed E-state index contributed by atoms with van der Waals surface area (Å²) in [6.45, 7) is 2.83. The molecule has 1 amide bonds. The van der Waals surface area contributed by atoms with Gasteiger partial charge in [0.2, 0.25) is 5.91 Å². The van der Waals surface area contributed by atoms with E-state index in [-0.39, 0.29) is 5.91 Å². The highest BCUT2D eigenvalue weighted by atomic mass is 16.1. The summed E-state index contributed by atoms with van der Waals surface area (Å²) < 4.78 is 0. The molecule has 0 aliphatic carbocycles. The van der Waals surface area contributed by atoms with Crippen molar-refractivity contribution < 1.29 is 4.79 Å². The molecule has 0 aromatic carbocycles. The van der Waals surface area contributed by atoms with Crippen LogP contribution in [-0.2, 0) is 4.79 Å². The largest absolute Gasteiger partial charge is 0.366 e. The van der Waals surface area contributed by atoms with Crippen LogP contribution in [0.2, 0.25) is 0 Å². The Bertz CT molecular complexity index is 173. The molecule has 70 valence electrons. The van der Waals surface area contributed by atoms with Gasteiger partial charge in [0.25, 0.3) is 0 Å². The zero-order valence-corrected chi connectivity index (χ0v) is 8.13. The Balaban J connectivity index is 3.68. The van der Waals surface area contributed by atoms with Crippen LogP contribution < -0.4 is 5.73 Å². The maximum absolute atomic E-state index is 10.7. The summed E-state index contributed by atoms with van der Waals surface area (Å²) in [5.41, 5.74) is 5.88. The van der Waals surface area contributed by atoms with Gasteiger partial charge in [-0.1, -0.05) is 6.08 Å². The van der Waals surface area contributed by atoms with E-state index in [4.69, 9.17) is 5.73 Å². The molecule has 0 aromatic heterocycles. The molecule has 0 aliphatic heterocycles. The zero-order chi connectivity index (χ0) is 9.56. The number of allylic oxidation sites excluding steroid dienone is 1. The molecule has 0 fully saturated rings. The van der Waals surface area contributed by atoms with E-state index < -0.39 is 0 Å². The Morgan fingerprint density at radius 2 is 2.08 bits per heavy atom. The molecule has 0 saturated carbocycles. The summed E-state index contributed by atoms with van der Waals surface area (Å²) in [5, 5.41) is 0. The Kier molecular flexibility index (Phi) is 5.37. The highest BCUT2D eigenvalue weighted by molar-refractivity contribution is 5.91. The van der Waals surface area contributed by atoms with Crippen LogP contribution in [-0.4, -0.2) is 31.4 Å². The number of carbonyl (C=O) groups is 1. The van der Waals surface area contributed by atoms with Crippen molar-refractivity contribution in [2.75, 3.05) is 20.6 Å². The second-order valence-electron chi connectivity index (χ2n) is 3.08. The molecule has 12 heavy (non-hydrogen) atoms. The van der Waals surface area contributed by atoms with Crippen molar-refractivity contribution in [3.63, 3.8) is 0 Å². The monoisotopic (exact) mass is 170 g/mol. The first-order valence-corrected chi connectivity index (χ1v) is 4.17. The minimum Gasteiger partial charge on any atom is -0.366 e. The molecule has 0 spiro atoms. The maximum atomic E-state index is 10.7. The van der Waals surface area contributed by atoms with Gasteiger partial charge in [0, 0.05) is 5.57 Å². The molecule has 0 aliphatic rings. The summed E-state index contributed by atoms with van der Waals surface area (Å²) in [6, 6.07) is 0. The molecule has 0 rings (SSSR count). The van der Waals surface area contributed by atoms with Gasteiger partial charge in [-0.3, -0.25) is 4.79 Å². The van der Waals surface area contributed by atoms with Gasteiger partial charge in [-0.15, -0.1) is 0 Å². The smallest absolute Gasteiger partial charge is 0.244 e. The van der Waals surface area contributed by atoms with E-state index in [0.29, 0.717) is 0 Å². The van der Waals surface area contributed by atoms with Gasteiger partial charge in [-0.05, 0) is 40.4 Å². The van der Waals surface area contributed by atoms with Crippen LogP contribution in [0.3, 0.4) is 0 Å². The van der Waals surface area contributed by atoms with Gasteiger partial charge in [0.15, 0.2) is 0 Å². The molecule has 0 bridgehead atoms. The van der Waals surface area contributed by atoms with E-state index in [1.807, 2.05) is 21.0 Å². The number of primary amides is 1. The van der Waals surface area contributed by atoms with E-state index in [9.17, 15) is 4.79 Å². The lowest BCUT2D eigenvalue weighted by Gasteiger charge is -2.08. The van der Waals surface area contributed by atoms with Crippen LogP contribution in [0, 0.1) is 0 Å². The molecular formula is C9H18N2O. The Labute approximate surface area is 74.2 Å². The zero-order valence-electron chi connectivity index (χ0n) is 8.13. The maximum Gasteiger partial charge on any atom is 0.244 e. The number of nitrogens with zero attached hydrogens (tertiary/aromatic N) is 1. The third kappa shape index (κ3) is 4.91. The number of amides is 1. The van der Waals surface area contributed by atoms with Gasteiger partial charge in [0.1, 0.15) is 0 Å². The normalized spacial score (nSPS) is 12.2.